The van der Waals surface area contributed by atoms with E-state index in [0.29, 0.717) is 0 Å². The van der Waals surface area contributed by atoms with Gasteiger partial charge in [0.05, 0.1) is 0 Å². The summed E-state index contributed by atoms with van der Waals surface area (Å²) in [6, 6.07) is 0. The summed E-state index contributed by atoms with van der Waals surface area (Å²) in [6.07, 6.45) is 3.11. The van der Waals surface area contributed by atoms with Gasteiger partial charge in [-0.1, -0.05) is 0 Å². The molecule has 0 rings (SSSR count). The van der Waals surface area contributed by atoms with E-state index in [4.69, 9.17) is 0 Å². The van der Waals surface area contributed by atoms with Crippen LogP contribution >= 0.6 is 0 Å². The summed E-state index contributed by atoms with van der Waals surface area (Å²) in [7, 11) is 1.78. The SMILES string of the molecule is CC(=O)/C=C/N(C)N=C(C)C. The lowest BCUT2D eigenvalue weighted by atomic mass is 10.4. The quantitative estimate of drug-likeness (QED) is 0.350. The number of allylic oxidation sites excluding steroid dienone is 1. The maximum absolute atomic E-state index is 10.5. The maximum Gasteiger partial charge on any atom is 0.154 e. The molecule has 0 aliphatic carbocycles. The van der Waals surface area contributed by atoms with Gasteiger partial charge in [-0.15, -0.1) is 0 Å². The summed E-state index contributed by atoms with van der Waals surface area (Å²) in [4.78, 5) is 10.5. The first-order valence-electron chi connectivity index (χ1n) is 3.46. The molecule has 0 aromatic carbocycles. The Balaban J connectivity index is 3.97. The Bertz CT molecular complexity index is 190. The first kappa shape index (κ1) is 9.88. The Morgan fingerprint density at radius 1 is 1.36 bits per heavy atom. The van der Waals surface area contributed by atoms with Gasteiger partial charge in [-0.3, -0.25) is 9.80 Å². The van der Waals surface area contributed by atoms with E-state index in [-0.39, 0.29) is 5.78 Å². The van der Waals surface area contributed by atoms with Crippen molar-refractivity contribution in [1.29, 1.82) is 0 Å². The first-order valence-corrected chi connectivity index (χ1v) is 3.46. The van der Waals surface area contributed by atoms with Crippen molar-refractivity contribution >= 4 is 11.5 Å². The molecule has 3 heteroatoms. The zero-order valence-corrected chi connectivity index (χ0v) is 7.46. The average Bonchev–Trinajstić information content (AvgIpc) is 1.82. The molecule has 0 saturated heterocycles. The second kappa shape index (κ2) is 4.66. The minimum absolute atomic E-state index is 0.0285. The molecule has 0 unspecified atom stereocenters. The largest absolute Gasteiger partial charge is 0.295 e. The van der Waals surface area contributed by atoms with Gasteiger partial charge in [0.2, 0.25) is 0 Å². The van der Waals surface area contributed by atoms with Gasteiger partial charge in [0.1, 0.15) is 0 Å². The van der Waals surface area contributed by atoms with Crippen LogP contribution in [-0.4, -0.2) is 23.6 Å². The minimum Gasteiger partial charge on any atom is -0.295 e. The maximum atomic E-state index is 10.5. The van der Waals surface area contributed by atoms with Crippen LogP contribution in [0.4, 0.5) is 0 Å². The normalized spacial score (nSPS) is 9.82. The second-order valence-electron chi connectivity index (χ2n) is 2.55. The number of carbonyl (C=O) groups is 1. The van der Waals surface area contributed by atoms with E-state index in [1.54, 1.807) is 18.3 Å². The number of nitrogens with zero attached hydrogens (tertiary/aromatic N) is 2. The average molecular weight is 154 g/mol. The van der Waals surface area contributed by atoms with Gasteiger partial charge in [0.15, 0.2) is 5.78 Å². The van der Waals surface area contributed by atoms with Gasteiger partial charge >= 0.3 is 0 Å². The minimum atomic E-state index is 0.0285. The van der Waals surface area contributed by atoms with Gasteiger partial charge in [-0.05, 0) is 26.8 Å². The first-order chi connectivity index (χ1) is 5.02. The van der Waals surface area contributed by atoms with Gasteiger partial charge in [0, 0.05) is 19.0 Å². The third kappa shape index (κ3) is 6.77. The van der Waals surface area contributed by atoms with Crippen LogP contribution in [0.1, 0.15) is 20.8 Å². The van der Waals surface area contributed by atoms with Crippen LogP contribution in [0.3, 0.4) is 0 Å². The summed E-state index contributed by atoms with van der Waals surface area (Å²) in [5, 5.41) is 5.67. The molecule has 3 nitrogen and oxygen atoms in total. The molecule has 62 valence electrons. The fourth-order valence-electron chi connectivity index (χ4n) is 0.562. The van der Waals surface area contributed by atoms with E-state index in [9.17, 15) is 4.79 Å². The molecule has 0 atom stereocenters. The van der Waals surface area contributed by atoms with Crippen LogP contribution in [-0.2, 0) is 4.79 Å². The van der Waals surface area contributed by atoms with E-state index in [1.165, 1.54) is 13.0 Å². The van der Waals surface area contributed by atoms with Crippen molar-refractivity contribution in [3.63, 3.8) is 0 Å². The van der Waals surface area contributed by atoms with Crippen LogP contribution in [0.5, 0.6) is 0 Å². The number of carbonyl (C=O) groups excluding carboxylic acids is 1. The molecule has 0 amide bonds. The summed E-state index contributed by atoms with van der Waals surface area (Å²) < 4.78 is 0. The summed E-state index contributed by atoms with van der Waals surface area (Å²) in [5.41, 5.74) is 0.959. The van der Waals surface area contributed by atoms with Crippen LogP contribution in [0.25, 0.3) is 0 Å². The van der Waals surface area contributed by atoms with Crippen molar-refractivity contribution in [3.8, 4) is 0 Å². The molecule has 0 saturated carbocycles. The predicted molar refractivity (Wildman–Crippen MR) is 46.4 cm³/mol. The highest BCUT2D eigenvalue weighted by Crippen LogP contribution is 1.87. The topological polar surface area (TPSA) is 32.7 Å². The molecular formula is C8H14N2O. The Hall–Kier alpha value is -1.12. The molecule has 0 aromatic heterocycles. The number of hydrogen-bond donors (Lipinski definition) is 0. The number of hydrazone groups is 1. The summed E-state index contributed by atoms with van der Waals surface area (Å²) in [5.74, 6) is 0.0285. The number of hydrogen-bond acceptors (Lipinski definition) is 3. The standard InChI is InChI=1S/C8H14N2O/c1-7(2)9-10(4)6-5-8(3)11/h5-6H,1-4H3/b6-5+. The smallest absolute Gasteiger partial charge is 0.154 e. The van der Waals surface area contributed by atoms with Crippen LogP contribution in [0, 0.1) is 0 Å². The summed E-state index contributed by atoms with van der Waals surface area (Å²) in [6.45, 7) is 5.31. The Morgan fingerprint density at radius 2 is 1.91 bits per heavy atom. The molecule has 11 heavy (non-hydrogen) atoms. The zero-order chi connectivity index (χ0) is 8.85. The van der Waals surface area contributed by atoms with E-state index in [1.807, 2.05) is 13.8 Å². The molecule has 0 spiro atoms. The molecule has 0 radical (unpaired) electrons. The zero-order valence-electron chi connectivity index (χ0n) is 7.46. The van der Waals surface area contributed by atoms with Gasteiger partial charge < -0.3 is 0 Å². The van der Waals surface area contributed by atoms with Crippen molar-refractivity contribution in [2.75, 3.05) is 7.05 Å². The van der Waals surface area contributed by atoms with Gasteiger partial charge in [-0.25, -0.2) is 0 Å². The van der Waals surface area contributed by atoms with Crippen molar-refractivity contribution in [2.45, 2.75) is 20.8 Å². The van der Waals surface area contributed by atoms with E-state index < -0.39 is 0 Å². The van der Waals surface area contributed by atoms with Crippen molar-refractivity contribution < 1.29 is 4.79 Å². The van der Waals surface area contributed by atoms with Crippen LogP contribution < -0.4 is 0 Å². The lowest BCUT2D eigenvalue weighted by Gasteiger charge is -2.05. The lowest BCUT2D eigenvalue weighted by molar-refractivity contribution is -0.112. The van der Waals surface area contributed by atoms with Gasteiger partial charge in [0.25, 0.3) is 0 Å². The highest BCUT2D eigenvalue weighted by atomic mass is 16.1. The third-order valence-electron chi connectivity index (χ3n) is 0.883. The molecule has 0 aromatic rings. The van der Waals surface area contributed by atoms with Crippen LogP contribution in [0.15, 0.2) is 17.4 Å². The fourth-order valence-corrected chi connectivity index (χ4v) is 0.562. The van der Waals surface area contributed by atoms with Crippen LogP contribution in [0.2, 0.25) is 0 Å². The van der Waals surface area contributed by atoms with E-state index in [2.05, 4.69) is 5.10 Å². The molecule has 0 heterocycles. The molecule has 0 aliphatic heterocycles. The van der Waals surface area contributed by atoms with E-state index in [0.717, 1.165) is 5.71 Å². The third-order valence-corrected chi connectivity index (χ3v) is 0.883. The summed E-state index contributed by atoms with van der Waals surface area (Å²) >= 11 is 0. The monoisotopic (exact) mass is 154 g/mol. The number of ketones is 1. The Labute approximate surface area is 67.4 Å². The van der Waals surface area contributed by atoms with Gasteiger partial charge in [-0.2, -0.15) is 5.10 Å². The van der Waals surface area contributed by atoms with Crippen molar-refractivity contribution in [2.24, 2.45) is 5.10 Å². The molecular weight excluding hydrogens is 140 g/mol. The predicted octanol–water partition coefficient (Wildman–Crippen LogP) is 1.42. The molecule has 0 aliphatic rings. The molecule has 0 bridgehead atoms. The number of rotatable bonds is 3. The molecule has 0 N–H and O–H groups in total. The molecule has 0 fully saturated rings. The second-order valence-corrected chi connectivity index (χ2v) is 2.55. The Kier molecular flexibility index (Phi) is 4.18. The van der Waals surface area contributed by atoms with E-state index >= 15 is 0 Å². The fraction of sp³-hybridized carbons (Fsp3) is 0.500. The lowest BCUT2D eigenvalue weighted by Crippen LogP contribution is -2.04. The highest BCUT2D eigenvalue weighted by molar-refractivity contribution is 5.87. The van der Waals surface area contributed by atoms with Crippen molar-refractivity contribution in [1.82, 2.24) is 5.01 Å². The van der Waals surface area contributed by atoms with Crippen molar-refractivity contribution in [3.05, 3.63) is 12.3 Å². The Morgan fingerprint density at radius 3 is 2.27 bits per heavy atom. The highest BCUT2D eigenvalue weighted by Gasteiger charge is 1.86.